The molecule has 0 saturated heterocycles. The average molecular weight is 136 g/mol. The van der Waals surface area contributed by atoms with Crippen LogP contribution >= 0.6 is 0 Å². The fourth-order valence-corrected chi connectivity index (χ4v) is 0.438. The lowest BCUT2D eigenvalue weighted by Crippen LogP contribution is -1.81. The molecule has 2 heteroatoms. The summed E-state index contributed by atoms with van der Waals surface area (Å²) in [6.45, 7) is 6.91. The molecule has 0 N–H and O–H groups in total. The second-order valence-electron chi connectivity index (χ2n) is 2.08. The molecule has 0 aromatic rings. The van der Waals surface area contributed by atoms with Crippen LogP contribution in [0.1, 0.15) is 13.8 Å². The number of hydrogen-bond acceptors (Lipinski definition) is 0. The quantitative estimate of drug-likeness (QED) is 0.404. The van der Waals surface area contributed by atoms with Crippen molar-refractivity contribution in [2.24, 2.45) is 0 Å². The lowest BCUT2D eigenvalue weighted by molar-refractivity contribution is 0.661. The first-order valence-electron chi connectivity index (χ1n) is 3.02. The Morgan fingerprint density at radius 2 is 2.10 bits per heavy atom. The highest BCUT2D eigenvalue weighted by Crippen LogP contribution is 2.09. The first kappa shape index (κ1) is 9.21. The molecular formula is C8H10BF. The largest absolute Gasteiger partial charge is 0.208 e. The first-order valence-corrected chi connectivity index (χ1v) is 3.02. The van der Waals surface area contributed by atoms with Gasteiger partial charge in [0.15, 0.2) is 0 Å². The van der Waals surface area contributed by atoms with Crippen molar-refractivity contribution < 1.29 is 4.39 Å². The standard InChI is InChI=1S/C8H10BF/c1-4-7(9)8(10)5-6(2)3/h4-5H,2H2,1,3H3/b7-4+,8-5+. The highest BCUT2D eigenvalue weighted by Gasteiger charge is 1.93. The minimum absolute atomic E-state index is 0.156. The highest BCUT2D eigenvalue weighted by atomic mass is 19.1. The molecule has 0 amide bonds. The Balaban J connectivity index is 4.35. The van der Waals surface area contributed by atoms with E-state index in [0.29, 0.717) is 5.57 Å². The monoisotopic (exact) mass is 136 g/mol. The summed E-state index contributed by atoms with van der Waals surface area (Å²) < 4.78 is 12.7. The maximum atomic E-state index is 12.7. The maximum absolute atomic E-state index is 12.7. The van der Waals surface area contributed by atoms with E-state index >= 15 is 0 Å². The topological polar surface area (TPSA) is 0 Å². The van der Waals surface area contributed by atoms with Gasteiger partial charge in [-0.1, -0.05) is 23.7 Å². The molecule has 0 atom stereocenters. The number of allylic oxidation sites excluding steroid dienone is 5. The summed E-state index contributed by atoms with van der Waals surface area (Å²) in [6.07, 6.45) is 2.81. The number of halogens is 1. The summed E-state index contributed by atoms with van der Waals surface area (Å²) in [5.41, 5.74) is 0.810. The van der Waals surface area contributed by atoms with E-state index in [4.69, 9.17) is 7.85 Å². The van der Waals surface area contributed by atoms with Gasteiger partial charge in [-0.3, -0.25) is 0 Å². The second-order valence-corrected chi connectivity index (χ2v) is 2.08. The van der Waals surface area contributed by atoms with Gasteiger partial charge in [0.25, 0.3) is 0 Å². The average Bonchev–Trinajstić information content (AvgIpc) is 1.85. The Morgan fingerprint density at radius 3 is 2.40 bits per heavy atom. The van der Waals surface area contributed by atoms with Crippen LogP contribution < -0.4 is 0 Å². The van der Waals surface area contributed by atoms with Crippen LogP contribution in [0.2, 0.25) is 0 Å². The highest BCUT2D eigenvalue weighted by molar-refractivity contribution is 6.24. The third kappa shape index (κ3) is 3.28. The molecule has 0 aromatic carbocycles. The molecule has 0 aliphatic rings. The molecule has 0 aliphatic carbocycles. The zero-order chi connectivity index (χ0) is 8.15. The van der Waals surface area contributed by atoms with Gasteiger partial charge >= 0.3 is 0 Å². The van der Waals surface area contributed by atoms with Gasteiger partial charge in [-0.25, -0.2) is 4.39 Å². The predicted molar refractivity (Wildman–Crippen MR) is 43.5 cm³/mol. The SMILES string of the molecule is [B]C(=C/C)/C(F)=C\C(=C)C. The minimum atomic E-state index is -0.421. The van der Waals surface area contributed by atoms with Crippen LogP contribution in [-0.4, -0.2) is 7.85 Å². The van der Waals surface area contributed by atoms with Gasteiger partial charge in [-0.05, 0) is 19.9 Å². The van der Waals surface area contributed by atoms with Gasteiger partial charge in [0, 0.05) is 0 Å². The van der Waals surface area contributed by atoms with E-state index in [-0.39, 0.29) is 5.47 Å². The molecule has 10 heavy (non-hydrogen) atoms. The minimum Gasteiger partial charge on any atom is -0.208 e. The zero-order valence-corrected chi connectivity index (χ0v) is 6.32. The van der Waals surface area contributed by atoms with Crippen molar-refractivity contribution in [1.29, 1.82) is 0 Å². The molecule has 0 heterocycles. The van der Waals surface area contributed by atoms with E-state index < -0.39 is 5.83 Å². The van der Waals surface area contributed by atoms with E-state index in [1.54, 1.807) is 13.8 Å². The Bertz CT molecular complexity index is 189. The van der Waals surface area contributed by atoms with Crippen LogP contribution in [0.5, 0.6) is 0 Å². The molecular weight excluding hydrogens is 126 g/mol. The normalized spacial score (nSPS) is 13.5. The van der Waals surface area contributed by atoms with Crippen molar-refractivity contribution in [1.82, 2.24) is 0 Å². The van der Waals surface area contributed by atoms with Crippen molar-refractivity contribution >= 4 is 7.85 Å². The molecule has 0 rings (SSSR count). The van der Waals surface area contributed by atoms with E-state index in [0.717, 1.165) is 0 Å². The van der Waals surface area contributed by atoms with Crippen molar-refractivity contribution in [3.8, 4) is 0 Å². The van der Waals surface area contributed by atoms with Crippen LogP contribution in [0.4, 0.5) is 4.39 Å². The molecule has 0 aliphatic heterocycles. The molecule has 0 spiro atoms. The number of rotatable bonds is 2. The van der Waals surface area contributed by atoms with Crippen LogP contribution in [-0.2, 0) is 0 Å². The molecule has 52 valence electrons. The van der Waals surface area contributed by atoms with Crippen LogP contribution in [0.25, 0.3) is 0 Å². The van der Waals surface area contributed by atoms with Crippen molar-refractivity contribution in [3.05, 3.63) is 35.6 Å². The lowest BCUT2D eigenvalue weighted by atomic mass is 9.93. The molecule has 0 unspecified atom stereocenters. The summed E-state index contributed by atoms with van der Waals surface area (Å²) in [4.78, 5) is 0. The van der Waals surface area contributed by atoms with Crippen molar-refractivity contribution in [2.75, 3.05) is 0 Å². The van der Waals surface area contributed by atoms with E-state index in [1.807, 2.05) is 0 Å². The molecule has 0 aromatic heterocycles. The lowest BCUT2D eigenvalue weighted by Gasteiger charge is -1.94. The Morgan fingerprint density at radius 1 is 1.60 bits per heavy atom. The van der Waals surface area contributed by atoms with Gasteiger partial charge in [0.1, 0.15) is 13.7 Å². The van der Waals surface area contributed by atoms with E-state index in [1.165, 1.54) is 12.2 Å². The van der Waals surface area contributed by atoms with E-state index in [2.05, 4.69) is 6.58 Å². The van der Waals surface area contributed by atoms with Crippen molar-refractivity contribution in [2.45, 2.75) is 13.8 Å². The first-order chi connectivity index (χ1) is 4.57. The molecule has 0 bridgehead atoms. The van der Waals surface area contributed by atoms with Gasteiger partial charge in [-0.2, -0.15) is 0 Å². The van der Waals surface area contributed by atoms with Crippen LogP contribution in [0.3, 0.4) is 0 Å². The Kier molecular flexibility index (Phi) is 3.78. The molecule has 2 radical (unpaired) electrons. The predicted octanol–water partition coefficient (Wildman–Crippen LogP) is 2.49. The number of hydrogen-bond donors (Lipinski definition) is 0. The summed E-state index contributed by atoms with van der Waals surface area (Å²) in [5, 5.41) is 0. The van der Waals surface area contributed by atoms with E-state index in [9.17, 15) is 4.39 Å². The molecule has 0 saturated carbocycles. The fourth-order valence-electron chi connectivity index (χ4n) is 0.438. The molecule has 0 fully saturated rings. The fraction of sp³-hybridized carbons (Fsp3) is 0.250. The smallest absolute Gasteiger partial charge is 0.117 e. The van der Waals surface area contributed by atoms with Crippen LogP contribution in [0.15, 0.2) is 35.6 Å². The van der Waals surface area contributed by atoms with Crippen molar-refractivity contribution in [3.63, 3.8) is 0 Å². The van der Waals surface area contributed by atoms with Gasteiger partial charge in [0.2, 0.25) is 0 Å². The third-order valence-electron chi connectivity index (χ3n) is 0.960. The van der Waals surface area contributed by atoms with Gasteiger partial charge in [0.05, 0.1) is 0 Å². The second kappa shape index (κ2) is 4.10. The summed E-state index contributed by atoms with van der Waals surface area (Å²) >= 11 is 0. The maximum Gasteiger partial charge on any atom is 0.117 e. The Labute approximate surface area is 62.5 Å². The van der Waals surface area contributed by atoms with Crippen LogP contribution in [0, 0.1) is 0 Å². The van der Waals surface area contributed by atoms with Gasteiger partial charge < -0.3 is 0 Å². The summed E-state index contributed by atoms with van der Waals surface area (Å²) in [5.74, 6) is -0.421. The molecule has 0 nitrogen and oxygen atoms in total. The zero-order valence-electron chi connectivity index (χ0n) is 6.32. The Hall–Kier alpha value is -0.785. The van der Waals surface area contributed by atoms with Gasteiger partial charge in [-0.15, -0.1) is 0 Å². The third-order valence-corrected chi connectivity index (χ3v) is 0.960. The summed E-state index contributed by atoms with van der Waals surface area (Å²) in [7, 11) is 5.24. The summed E-state index contributed by atoms with van der Waals surface area (Å²) in [6, 6.07) is 0.